The zero-order valence-corrected chi connectivity index (χ0v) is 86.4. The second-order valence-corrected chi connectivity index (χ2v) is 40.9. The largest absolute Gasteiger partial charge is 0.396 e. The molecule has 3 N–H and O–H groups in total. The Bertz CT molecular complexity index is 4220. The number of aliphatic imine (C=N–C) groups is 1. The third kappa shape index (κ3) is 33.7. The molecule has 1 aromatic heterocycles. The summed E-state index contributed by atoms with van der Waals surface area (Å²) in [5.74, 6) is 0.110. The van der Waals surface area contributed by atoms with Gasteiger partial charge in [0, 0.05) is 179 Å². The number of hydrogen-bond acceptors (Lipinski definition) is 24. The number of likely N-dealkylation sites (N-methyl/N-ethyl adjacent to an activating group) is 3. The van der Waals surface area contributed by atoms with Crippen molar-refractivity contribution in [3.8, 4) is 0 Å². The first-order valence-corrected chi connectivity index (χ1v) is 51.1. The van der Waals surface area contributed by atoms with Crippen molar-refractivity contribution in [1.82, 2.24) is 19.7 Å². The molecule has 3 aromatic carbocycles. The first-order valence-electron chi connectivity index (χ1n) is 49.2. The van der Waals surface area contributed by atoms with Crippen LogP contribution in [0.1, 0.15) is 228 Å². The summed E-state index contributed by atoms with van der Waals surface area (Å²) >= 11 is 3.24. The standard InChI is InChI=1S/C37H56N2O7S.C36H54N2O6S.C34H55NO7/c1-9-24(4)33(39(6)37(43)25(5)23(2)3)32(44-7)21-28(41)15-16-31-29(22-40)34(45-8)35(46-31)30(42)20-27(36-38-17-18-47-36)19-26-13-11-10-12-14-26;1-8-24(4)30(38(6)36(42)25(5)23(2)3)16-14-28(40)15-17-32-29(22-39)33(43-7)34(44-32)31(41)21-27(35-37-18-19-45-35)20-26-12-10-9-11-13-26;1-9-23(4)31(35(6)34(39)24(5)22(2)3)30(40-7)20-26(37)18-19-29-27(21-36)32(41-8)33(42-29)28(38)17-13-16-25-14-11-10-12-15-25/h10-14,17-18,23-25,27,29,31-35,40H,9,15-16,19-22H2,1-8H3;9-14,16,23-25,27,29-30,32-34,39H,8,15,17-22H2,1-7H3;10-12,14-15,22-24,27,29-33,36H,9,13,16-21H2,1-8H3/b;16-14+;/t24-,25-,27+,29+,31?,32-,33?,34-,35+;24-,25-,27+,29+,30?,32?,33-,34-;23-,24-,27+,29?,30+,31?,32-,33?/m000/s1. The molecule has 5 heterocycles. The fourth-order valence-corrected chi connectivity index (χ4v) is 20.8. The number of amides is 3. The number of aliphatic hydroxyl groups is 3. The van der Waals surface area contributed by atoms with Gasteiger partial charge in [0.05, 0.1) is 96.8 Å². The number of carbonyl (C=O) groups is 9. The number of thioether (sulfide) groups is 1. The van der Waals surface area contributed by atoms with Gasteiger partial charge in [-0.2, -0.15) is 0 Å². The number of thiazole rings is 1. The fourth-order valence-electron chi connectivity index (χ4n) is 19.1. The molecule has 7 unspecified atom stereocenters. The number of methoxy groups -OCH3 is 5. The maximum Gasteiger partial charge on any atom is 0.225 e. The predicted molar refractivity (Wildman–Crippen MR) is 530 cm³/mol. The lowest BCUT2D eigenvalue weighted by Gasteiger charge is -2.39. The molecule has 134 heavy (non-hydrogen) atoms. The molecular weight excluding hydrogens is 1740 g/mol. The Balaban J connectivity index is 0.000000310. The molecule has 8 rings (SSSR count). The molecule has 25 atom stereocenters. The Labute approximate surface area is 809 Å². The van der Waals surface area contributed by atoms with Crippen LogP contribution in [0.15, 0.2) is 120 Å². The van der Waals surface area contributed by atoms with Crippen LogP contribution < -0.4 is 0 Å². The summed E-state index contributed by atoms with van der Waals surface area (Å²) in [5.41, 5.74) is 3.45. The van der Waals surface area contributed by atoms with E-state index in [0.717, 1.165) is 59.2 Å². The topological polar surface area (TPSA) is 323 Å². The van der Waals surface area contributed by atoms with Crippen molar-refractivity contribution < 1.29 is 96.4 Å². The average Bonchev–Trinajstić information content (AvgIpc) is 1.66. The van der Waals surface area contributed by atoms with E-state index >= 15 is 0 Å². The van der Waals surface area contributed by atoms with E-state index in [2.05, 4.69) is 63.7 Å². The third-order valence-corrected chi connectivity index (χ3v) is 31.1. The number of aliphatic hydroxyl groups excluding tert-OH is 3. The number of nitrogens with zero attached hydrogens (tertiary/aromatic N) is 5. The van der Waals surface area contributed by atoms with Crippen LogP contribution in [0.25, 0.3) is 0 Å². The Morgan fingerprint density at radius 1 is 0.478 bits per heavy atom. The number of Topliss-reactive ketones (excluding diaryl/α,β-unsaturated/α-hetero) is 5. The van der Waals surface area contributed by atoms with Gasteiger partial charge in [0.25, 0.3) is 0 Å². The summed E-state index contributed by atoms with van der Waals surface area (Å²) < 4.78 is 47.6. The molecule has 3 amide bonds. The molecule has 0 spiro atoms. The van der Waals surface area contributed by atoms with Gasteiger partial charge in [-0.25, -0.2) is 4.98 Å². The first-order chi connectivity index (χ1) is 64.0. The maximum absolute atomic E-state index is 13.8. The molecule has 0 bridgehead atoms. The number of rotatable bonds is 57. The number of allylic oxidation sites excluding steroid dienone is 1. The molecule has 4 aliphatic heterocycles. The van der Waals surface area contributed by atoms with Gasteiger partial charge in [0.2, 0.25) is 17.7 Å². The average molecular weight is 1910 g/mol. The fraction of sp³-hybridized carbons (Fsp3) is 0.692. The number of hydrogen-bond donors (Lipinski definition) is 3. The lowest BCUT2D eigenvalue weighted by Crippen LogP contribution is -2.51. The summed E-state index contributed by atoms with van der Waals surface area (Å²) in [6.45, 7) is 30.7. The Morgan fingerprint density at radius 3 is 1.22 bits per heavy atom. The van der Waals surface area contributed by atoms with E-state index in [9.17, 15) is 58.5 Å². The van der Waals surface area contributed by atoms with E-state index in [1.165, 1.54) is 31.1 Å². The van der Waals surface area contributed by atoms with Crippen LogP contribution in [0.5, 0.6) is 0 Å². The molecule has 27 heteroatoms. The van der Waals surface area contributed by atoms with Gasteiger partial charge >= 0.3 is 0 Å². The van der Waals surface area contributed by atoms with Gasteiger partial charge in [-0.15, -0.1) is 23.1 Å². The summed E-state index contributed by atoms with van der Waals surface area (Å²) in [7, 11) is 13.2. The van der Waals surface area contributed by atoms with Crippen molar-refractivity contribution in [1.29, 1.82) is 0 Å². The molecule has 0 saturated carbocycles. The van der Waals surface area contributed by atoms with E-state index in [4.69, 9.17) is 37.9 Å². The summed E-state index contributed by atoms with van der Waals surface area (Å²) in [4.78, 5) is 134. The number of carbonyl (C=O) groups excluding carboxylic acids is 9. The van der Waals surface area contributed by atoms with Gasteiger partial charge in [-0.05, 0) is 103 Å². The van der Waals surface area contributed by atoms with Gasteiger partial charge < -0.3 is 67.9 Å². The van der Waals surface area contributed by atoms with Crippen molar-refractivity contribution in [2.45, 2.75) is 311 Å². The van der Waals surface area contributed by atoms with Gasteiger partial charge in [0.15, 0.2) is 23.1 Å². The highest BCUT2D eigenvalue weighted by atomic mass is 32.2. The quantitative estimate of drug-likeness (QED) is 0.0346. The van der Waals surface area contributed by atoms with Gasteiger partial charge in [0.1, 0.15) is 29.9 Å². The molecule has 0 aliphatic carbocycles. The third-order valence-electron chi connectivity index (χ3n) is 29.0. The minimum absolute atomic E-state index is 0.000181. The number of aryl methyl sites for hydroxylation is 1. The molecule has 25 nitrogen and oxygen atoms in total. The first kappa shape index (κ1) is 116. The Hall–Kier alpha value is -6.96. The zero-order chi connectivity index (χ0) is 99.2. The van der Waals surface area contributed by atoms with Crippen molar-refractivity contribution >= 4 is 80.6 Å². The Kier molecular flexibility index (Phi) is 51.4. The minimum atomic E-state index is -0.848. The molecule has 0 radical (unpaired) electrons. The minimum Gasteiger partial charge on any atom is -0.396 e. The summed E-state index contributed by atoms with van der Waals surface area (Å²) in [6, 6.07) is 29.5. The normalized spacial score (nSPS) is 23.5. The highest BCUT2D eigenvalue weighted by Crippen LogP contribution is 2.40. The van der Waals surface area contributed by atoms with Crippen LogP contribution in [0.2, 0.25) is 0 Å². The van der Waals surface area contributed by atoms with Crippen LogP contribution in [-0.2, 0) is 100 Å². The van der Waals surface area contributed by atoms with Crippen LogP contribution in [0.3, 0.4) is 0 Å². The second kappa shape index (κ2) is 59.5. The smallest absolute Gasteiger partial charge is 0.225 e. The highest BCUT2D eigenvalue weighted by Gasteiger charge is 2.52. The van der Waals surface area contributed by atoms with Crippen molar-refractivity contribution in [3.05, 3.63) is 136 Å². The van der Waals surface area contributed by atoms with E-state index in [-0.39, 0.29) is 200 Å². The second-order valence-electron chi connectivity index (χ2n) is 38.8. The predicted octanol–water partition coefficient (Wildman–Crippen LogP) is 16.0. The van der Waals surface area contributed by atoms with Crippen LogP contribution in [-0.4, -0.2) is 267 Å². The number of benzene rings is 3. The molecule has 750 valence electrons. The van der Waals surface area contributed by atoms with Gasteiger partial charge in [-0.1, -0.05) is 220 Å². The lowest BCUT2D eigenvalue weighted by molar-refractivity contribution is -0.143. The molecule has 4 aromatic rings. The van der Waals surface area contributed by atoms with Crippen LogP contribution in [0, 0.1) is 76.9 Å². The zero-order valence-electron chi connectivity index (χ0n) is 84.7. The molecule has 3 saturated heterocycles. The van der Waals surface area contributed by atoms with E-state index in [0.29, 0.717) is 44.9 Å². The maximum atomic E-state index is 13.8. The Morgan fingerprint density at radius 2 is 0.858 bits per heavy atom. The van der Waals surface area contributed by atoms with E-state index < -0.39 is 84.9 Å². The summed E-state index contributed by atoms with van der Waals surface area (Å²) in [6.07, 6.45) is 6.95. The van der Waals surface area contributed by atoms with Crippen LogP contribution >= 0.6 is 23.1 Å². The van der Waals surface area contributed by atoms with Crippen molar-refractivity contribution in [2.75, 3.05) is 88.8 Å². The molecule has 3 fully saturated rings. The van der Waals surface area contributed by atoms with Crippen molar-refractivity contribution in [2.24, 2.45) is 81.9 Å². The van der Waals surface area contributed by atoms with Crippen LogP contribution in [0.4, 0.5) is 0 Å². The van der Waals surface area contributed by atoms with E-state index in [1.807, 2.05) is 174 Å². The van der Waals surface area contributed by atoms with E-state index in [1.54, 1.807) is 60.1 Å². The monoisotopic (exact) mass is 1900 g/mol. The SMILES string of the molecule is CC[C@H](C)C(/C=C/C(=O)CCC1O[C@@H](C(=O)C[C@@H](Cc2ccccc2)C2=NCCS2)[C@@H](OC)[C@@H]1CO)N(C)C(=O)[C@@H](C)C(C)C.CC[C@H](C)C([C@@H](CC(=O)CCC1OC(C(=O)CCCc2ccccc2)[C@@H](OC)[C@@H]1CO)OC)N(C)C(=O)[C@@H](C)C(C)C.CC[C@H](C)C([C@H](CC(=O)CCC1O[C@H](C(=O)C[C@@H](Cc2ccccc2)c2nccs2)[C@@H](OC)[C@@H]1CO)OC)N(C)C(=O)[C@@H](C)C(C)C. The van der Waals surface area contributed by atoms with Crippen molar-refractivity contribution in [3.63, 3.8) is 0 Å². The molecular formula is C107H165N5O20S2. The molecule has 4 aliphatic rings. The number of ketones is 6. The number of ether oxygens (including phenoxy) is 8. The lowest BCUT2D eigenvalue weighted by atomic mass is 9.87. The van der Waals surface area contributed by atoms with Gasteiger partial charge in [-0.3, -0.25) is 48.1 Å². The number of aromatic nitrogens is 1. The highest BCUT2D eigenvalue weighted by molar-refractivity contribution is 8.14. The summed E-state index contributed by atoms with van der Waals surface area (Å²) in [5, 5.41) is 34.6.